The SMILES string of the molecule is COc1cc2c(cc(C#N)n2CC(N)=O)c(C)c1CN1CCC(Nc2ncnc3sc(CC(F)(F)F)cc23)CC1. The highest BCUT2D eigenvalue weighted by Gasteiger charge is 2.29. The Kier molecular flexibility index (Phi) is 7.57. The highest BCUT2D eigenvalue weighted by molar-refractivity contribution is 7.18. The maximum Gasteiger partial charge on any atom is 0.393 e. The number of alkyl halides is 3. The lowest BCUT2D eigenvalue weighted by atomic mass is 10.00. The van der Waals surface area contributed by atoms with Crippen LogP contribution < -0.4 is 15.8 Å². The highest BCUT2D eigenvalue weighted by atomic mass is 32.1. The van der Waals surface area contributed by atoms with Crippen LogP contribution in [0.3, 0.4) is 0 Å². The standard InChI is InChI=1S/C27H28F3N7O2S/c1-15-19-7-17(11-31)37(13-24(32)38)22(19)9-23(39-2)21(15)12-36-5-3-16(4-6-36)35-25-20-8-18(10-27(28,29)30)40-26(20)34-14-33-25/h7-9,14,16H,3-6,10,12-13H2,1-2H3,(H2,32,38)(H,33,34,35). The van der Waals surface area contributed by atoms with Crippen molar-refractivity contribution in [1.82, 2.24) is 19.4 Å². The number of piperidine rings is 1. The van der Waals surface area contributed by atoms with E-state index in [0.717, 1.165) is 59.3 Å². The molecule has 0 saturated carbocycles. The van der Waals surface area contributed by atoms with E-state index >= 15 is 0 Å². The van der Waals surface area contributed by atoms with Crippen molar-refractivity contribution < 1.29 is 22.7 Å². The first-order chi connectivity index (χ1) is 19.1. The number of thiophene rings is 1. The topological polar surface area (TPSA) is 122 Å². The number of rotatable bonds is 8. The van der Waals surface area contributed by atoms with Gasteiger partial charge in [-0.25, -0.2) is 9.97 Å². The van der Waals surface area contributed by atoms with Crippen LogP contribution in [0.5, 0.6) is 5.75 Å². The summed E-state index contributed by atoms with van der Waals surface area (Å²) in [4.78, 5) is 23.2. The van der Waals surface area contributed by atoms with Gasteiger partial charge in [-0.1, -0.05) is 0 Å². The molecule has 3 N–H and O–H groups in total. The molecule has 1 aliphatic heterocycles. The van der Waals surface area contributed by atoms with Crippen LogP contribution in [0.15, 0.2) is 24.5 Å². The van der Waals surface area contributed by atoms with Crippen LogP contribution in [0.2, 0.25) is 0 Å². The van der Waals surface area contributed by atoms with E-state index in [0.29, 0.717) is 34.0 Å². The Bertz CT molecular complexity index is 1610. The largest absolute Gasteiger partial charge is 0.496 e. The summed E-state index contributed by atoms with van der Waals surface area (Å²) in [5.41, 5.74) is 8.48. The fourth-order valence-electron chi connectivity index (χ4n) is 5.33. The van der Waals surface area contributed by atoms with Crippen molar-refractivity contribution in [2.45, 2.75) is 51.5 Å². The fraction of sp³-hybridized carbons (Fsp3) is 0.407. The van der Waals surface area contributed by atoms with Gasteiger partial charge < -0.3 is 20.4 Å². The number of hydrogen-bond donors (Lipinski definition) is 2. The van der Waals surface area contributed by atoms with Crippen molar-refractivity contribution in [2.24, 2.45) is 5.73 Å². The van der Waals surface area contributed by atoms with Crippen molar-refractivity contribution in [3.8, 4) is 11.8 Å². The summed E-state index contributed by atoms with van der Waals surface area (Å²) in [5, 5.41) is 14.5. The molecule has 1 saturated heterocycles. The summed E-state index contributed by atoms with van der Waals surface area (Å²) < 4.78 is 46.0. The first kappa shape index (κ1) is 27.7. The van der Waals surface area contributed by atoms with Crippen LogP contribution in [-0.4, -0.2) is 57.8 Å². The van der Waals surface area contributed by atoms with Crippen LogP contribution in [0, 0.1) is 18.3 Å². The van der Waals surface area contributed by atoms with Crippen molar-refractivity contribution >= 4 is 44.2 Å². The first-order valence-corrected chi connectivity index (χ1v) is 13.5. The molecule has 1 aromatic carbocycles. The quantitative estimate of drug-likeness (QED) is 0.319. The van der Waals surface area contributed by atoms with Crippen LogP contribution in [0.4, 0.5) is 19.0 Å². The monoisotopic (exact) mass is 571 g/mol. The highest BCUT2D eigenvalue weighted by Crippen LogP contribution is 2.35. The van der Waals surface area contributed by atoms with E-state index < -0.39 is 18.5 Å². The van der Waals surface area contributed by atoms with Crippen molar-refractivity contribution in [2.75, 3.05) is 25.5 Å². The number of likely N-dealkylation sites (tertiary alicyclic amines) is 1. The van der Waals surface area contributed by atoms with Gasteiger partial charge in [-0.3, -0.25) is 9.69 Å². The Labute approximate surface area is 232 Å². The molecule has 13 heteroatoms. The number of aromatic nitrogens is 3. The number of hydrogen-bond acceptors (Lipinski definition) is 8. The number of benzene rings is 1. The van der Waals surface area contributed by atoms with Gasteiger partial charge in [-0.05, 0) is 37.5 Å². The molecule has 0 unspecified atom stereocenters. The predicted octanol–water partition coefficient (Wildman–Crippen LogP) is 4.50. The molecule has 5 rings (SSSR count). The Morgan fingerprint density at radius 1 is 1.25 bits per heavy atom. The Morgan fingerprint density at radius 3 is 2.65 bits per heavy atom. The average molecular weight is 572 g/mol. The molecule has 0 aliphatic carbocycles. The van der Waals surface area contributed by atoms with Crippen LogP contribution >= 0.6 is 11.3 Å². The summed E-state index contributed by atoms with van der Waals surface area (Å²) in [7, 11) is 1.60. The lowest BCUT2D eigenvalue weighted by Crippen LogP contribution is -2.39. The zero-order valence-electron chi connectivity index (χ0n) is 22.0. The second kappa shape index (κ2) is 10.9. The third-order valence-corrected chi connectivity index (χ3v) is 8.32. The van der Waals surface area contributed by atoms with Gasteiger partial charge in [-0.2, -0.15) is 18.4 Å². The van der Waals surface area contributed by atoms with Gasteiger partial charge >= 0.3 is 6.18 Å². The Balaban J connectivity index is 1.30. The first-order valence-electron chi connectivity index (χ1n) is 12.7. The molecule has 1 amide bonds. The maximum atomic E-state index is 12.9. The Hall–Kier alpha value is -3.89. The molecule has 40 heavy (non-hydrogen) atoms. The Morgan fingerprint density at radius 2 is 2.00 bits per heavy atom. The van der Waals surface area contributed by atoms with Gasteiger partial charge in [0.15, 0.2) is 0 Å². The van der Waals surface area contributed by atoms with E-state index in [4.69, 9.17) is 10.5 Å². The zero-order chi connectivity index (χ0) is 28.6. The summed E-state index contributed by atoms with van der Waals surface area (Å²) in [6, 6.07) is 7.42. The molecule has 1 aliphatic rings. The molecule has 1 fully saturated rings. The second-order valence-electron chi connectivity index (χ2n) is 9.95. The van der Waals surface area contributed by atoms with Crippen LogP contribution in [0.1, 0.15) is 34.5 Å². The molecule has 0 radical (unpaired) electrons. The number of carbonyl (C=O) groups is 1. The number of ether oxygens (including phenoxy) is 1. The molecule has 9 nitrogen and oxygen atoms in total. The number of nitrogens with two attached hydrogens (primary N) is 1. The lowest BCUT2D eigenvalue weighted by Gasteiger charge is -2.33. The summed E-state index contributed by atoms with van der Waals surface area (Å²) >= 11 is 1.04. The van der Waals surface area contributed by atoms with E-state index in [1.54, 1.807) is 17.7 Å². The predicted molar refractivity (Wildman–Crippen MR) is 146 cm³/mol. The van der Waals surface area contributed by atoms with Gasteiger partial charge in [0.25, 0.3) is 0 Å². The fourth-order valence-corrected chi connectivity index (χ4v) is 6.36. The number of halogens is 3. The number of nitriles is 1. The molecule has 4 heterocycles. The second-order valence-corrected chi connectivity index (χ2v) is 11.1. The molecular formula is C27H28F3N7O2S. The maximum absolute atomic E-state index is 12.9. The normalized spacial score (nSPS) is 15.0. The number of fused-ring (bicyclic) bond motifs is 2. The van der Waals surface area contributed by atoms with E-state index in [-0.39, 0.29) is 17.5 Å². The lowest BCUT2D eigenvalue weighted by molar-refractivity contribution is -0.126. The third-order valence-electron chi connectivity index (χ3n) is 7.27. The minimum absolute atomic E-state index is 0.0947. The number of primary amides is 1. The van der Waals surface area contributed by atoms with Crippen molar-refractivity contribution in [3.63, 3.8) is 0 Å². The van der Waals surface area contributed by atoms with Gasteiger partial charge in [0.2, 0.25) is 5.91 Å². The minimum atomic E-state index is -4.27. The van der Waals surface area contributed by atoms with E-state index in [1.165, 1.54) is 12.4 Å². The average Bonchev–Trinajstić information content (AvgIpc) is 3.46. The summed E-state index contributed by atoms with van der Waals surface area (Å²) in [6.45, 7) is 4.12. The number of carbonyl (C=O) groups excluding carboxylic acids is 1. The molecule has 0 atom stereocenters. The third kappa shape index (κ3) is 5.68. The summed E-state index contributed by atoms with van der Waals surface area (Å²) in [5.74, 6) is 0.702. The molecule has 3 aromatic heterocycles. The summed E-state index contributed by atoms with van der Waals surface area (Å²) in [6.07, 6.45) is -2.22. The minimum Gasteiger partial charge on any atom is -0.496 e. The van der Waals surface area contributed by atoms with Crippen LogP contribution in [-0.2, 0) is 24.3 Å². The van der Waals surface area contributed by atoms with Gasteiger partial charge in [0.05, 0.1) is 24.4 Å². The smallest absolute Gasteiger partial charge is 0.393 e. The molecule has 210 valence electrons. The van der Waals surface area contributed by atoms with Gasteiger partial charge in [-0.15, -0.1) is 11.3 Å². The van der Waals surface area contributed by atoms with Crippen molar-refractivity contribution in [3.05, 3.63) is 46.2 Å². The molecule has 0 bridgehead atoms. The molecule has 4 aromatic rings. The number of anilines is 1. The number of nitrogens with one attached hydrogen (secondary N) is 1. The molecular weight excluding hydrogens is 543 g/mol. The number of amides is 1. The van der Waals surface area contributed by atoms with Gasteiger partial charge in [0.1, 0.15) is 41.0 Å². The zero-order valence-corrected chi connectivity index (χ0v) is 22.8. The van der Waals surface area contributed by atoms with E-state index in [9.17, 15) is 23.2 Å². The number of aryl methyl sites for hydroxylation is 1. The van der Waals surface area contributed by atoms with E-state index in [2.05, 4.69) is 26.3 Å². The number of methoxy groups -OCH3 is 1. The van der Waals surface area contributed by atoms with Gasteiger partial charge in [0, 0.05) is 47.6 Å². The van der Waals surface area contributed by atoms with Crippen LogP contribution in [0.25, 0.3) is 21.1 Å². The van der Waals surface area contributed by atoms with E-state index in [1.807, 2.05) is 13.0 Å². The van der Waals surface area contributed by atoms with Crippen molar-refractivity contribution in [1.29, 1.82) is 5.26 Å². The number of nitrogens with zero attached hydrogens (tertiary/aromatic N) is 5. The molecule has 0 spiro atoms.